The number of para-hydroxylation sites is 1. The van der Waals surface area contributed by atoms with Crippen molar-refractivity contribution < 1.29 is 4.74 Å². The van der Waals surface area contributed by atoms with Crippen LogP contribution >= 0.6 is 0 Å². The Morgan fingerprint density at radius 3 is 1.76 bits per heavy atom. The van der Waals surface area contributed by atoms with Gasteiger partial charge in [0.15, 0.2) is 0 Å². The molecule has 3 nitrogen and oxygen atoms in total. The van der Waals surface area contributed by atoms with Crippen molar-refractivity contribution in [1.29, 1.82) is 0 Å². The van der Waals surface area contributed by atoms with E-state index in [2.05, 4.69) is 46.6 Å². The molecule has 2 heterocycles. The van der Waals surface area contributed by atoms with E-state index >= 15 is 0 Å². The fourth-order valence-electron chi connectivity index (χ4n) is 3.78. The van der Waals surface area contributed by atoms with Crippen LogP contribution in [0.2, 0.25) is 0 Å². The molecule has 2 aliphatic rings. The molecule has 0 fully saturated rings. The summed E-state index contributed by atoms with van der Waals surface area (Å²) < 4.78 is 6.08. The van der Waals surface area contributed by atoms with E-state index in [1.165, 1.54) is 0 Å². The van der Waals surface area contributed by atoms with Crippen LogP contribution in [-0.4, -0.2) is 18.0 Å². The second kappa shape index (κ2) is 5.42. The minimum Gasteiger partial charge on any atom is -0.491 e. The summed E-state index contributed by atoms with van der Waals surface area (Å²) in [6.45, 7) is 0.522. The van der Waals surface area contributed by atoms with Crippen LogP contribution in [0.4, 0.5) is 0 Å². The molecule has 0 saturated carbocycles. The Morgan fingerprint density at radius 1 is 0.640 bits per heavy atom. The molecule has 0 N–H and O–H groups in total. The Kier molecular flexibility index (Phi) is 3.07. The van der Waals surface area contributed by atoms with E-state index in [1.54, 1.807) is 0 Å². The van der Waals surface area contributed by atoms with E-state index in [1.807, 2.05) is 48.5 Å². The zero-order chi connectivity index (χ0) is 16.7. The van der Waals surface area contributed by atoms with Gasteiger partial charge in [-0.1, -0.05) is 78.9 Å². The lowest BCUT2D eigenvalue weighted by molar-refractivity contribution is 0.335. The van der Waals surface area contributed by atoms with Crippen LogP contribution in [0.15, 0.2) is 95.1 Å². The van der Waals surface area contributed by atoms with Gasteiger partial charge >= 0.3 is 0 Å². The first-order valence-electron chi connectivity index (χ1n) is 8.39. The minimum absolute atomic E-state index is 0.459. The number of ether oxygens (including phenoxy) is 1. The van der Waals surface area contributed by atoms with Gasteiger partial charge in [-0.2, -0.15) is 10.2 Å². The fraction of sp³-hybridized carbons (Fsp3) is 0.0909. The summed E-state index contributed by atoms with van der Waals surface area (Å²) in [5.74, 6) is 0.914. The number of hydrogen-bond acceptors (Lipinski definition) is 3. The van der Waals surface area contributed by atoms with Gasteiger partial charge in [0.1, 0.15) is 17.8 Å². The van der Waals surface area contributed by atoms with Gasteiger partial charge in [-0.3, -0.25) is 0 Å². The maximum Gasteiger partial charge on any atom is 0.124 e. The van der Waals surface area contributed by atoms with E-state index in [4.69, 9.17) is 4.74 Å². The highest BCUT2D eigenvalue weighted by molar-refractivity contribution is 6.30. The molecule has 120 valence electrons. The molecule has 0 saturated heterocycles. The molecule has 0 unspecified atom stereocenters. The summed E-state index contributed by atoms with van der Waals surface area (Å²) >= 11 is 0. The van der Waals surface area contributed by atoms with Gasteiger partial charge in [-0.25, -0.2) is 0 Å². The molecular weight excluding hydrogens is 308 g/mol. The lowest BCUT2D eigenvalue weighted by Gasteiger charge is -2.26. The predicted molar refractivity (Wildman–Crippen MR) is 99.6 cm³/mol. The van der Waals surface area contributed by atoms with E-state index in [9.17, 15) is 0 Å². The third kappa shape index (κ3) is 1.99. The third-order valence-corrected chi connectivity index (χ3v) is 4.94. The van der Waals surface area contributed by atoms with Crippen LogP contribution in [-0.2, 0) is 5.41 Å². The van der Waals surface area contributed by atoms with Crippen LogP contribution < -0.4 is 4.74 Å². The van der Waals surface area contributed by atoms with Crippen molar-refractivity contribution in [2.24, 2.45) is 10.2 Å². The van der Waals surface area contributed by atoms with Crippen molar-refractivity contribution in [3.8, 4) is 5.75 Å². The highest BCUT2D eigenvalue weighted by Gasteiger charge is 2.52. The summed E-state index contributed by atoms with van der Waals surface area (Å²) in [4.78, 5) is 0. The van der Waals surface area contributed by atoms with Crippen LogP contribution in [0.3, 0.4) is 0 Å². The van der Waals surface area contributed by atoms with Crippen LogP contribution in [0.1, 0.15) is 16.7 Å². The summed E-state index contributed by atoms with van der Waals surface area (Å²) in [5, 5.41) is 9.25. The number of benzene rings is 3. The lowest BCUT2D eigenvalue weighted by Crippen LogP contribution is -2.43. The molecule has 0 atom stereocenters. The highest BCUT2D eigenvalue weighted by Crippen LogP contribution is 2.46. The van der Waals surface area contributed by atoms with Gasteiger partial charge in [0.25, 0.3) is 0 Å². The van der Waals surface area contributed by atoms with Crippen molar-refractivity contribution in [2.75, 3.05) is 6.61 Å². The zero-order valence-electron chi connectivity index (χ0n) is 13.6. The topological polar surface area (TPSA) is 34.0 Å². The maximum atomic E-state index is 6.08. The Balaban J connectivity index is 1.75. The van der Waals surface area contributed by atoms with Crippen molar-refractivity contribution in [3.05, 3.63) is 102 Å². The molecule has 0 aliphatic carbocycles. The van der Waals surface area contributed by atoms with Gasteiger partial charge in [-0.15, -0.1) is 0 Å². The van der Waals surface area contributed by atoms with E-state index in [0.29, 0.717) is 6.61 Å². The van der Waals surface area contributed by atoms with E-state index in [-0.39, 0.29) is 0 Å². The monoisotopic (exact) mass is 324 g/mol. The van der Waals surface area contributed by atoms with E-state index < -0.39 is 5.41 Å². The number of fused-ring (bicyclic) bond motifs is 2. The number of hydrogen-bond donors (Lipinski definition) is 0. The third-order valence-electron chi connectivity index (χ3n) is 4.94. The zero-order valence-corrected chi connectivity index (χ0v) is 13.6. The molecule has 3 aromatic rings. The molecule has 5 rings (SSSR count). The molecule has 1 spiro atoms. The molecule has 3 aromatic carbocycles. The van der Waals surface area contributed by atoms with Crippen molar-refractivity contribution >= 4 is 11.4 Å². The molecule has 0 aromatic heterocycles. The first-order chi connectivity index (χ1) is 12.4. The Morgan fingerprint density at radius 2 is 1.16 bits per heavy atom. The Hall–Kier alpha value is -3.20. The van der Waals surface area contributed by atoms with Crippen molar-refractivity contribution in [1.82, 2.24) is 0 Å². The first-order valence-corrected chi connectivity index (χ1v) is 8.39. The van der Waals surface area contributed by atoms with Crippen molar-refractivity contribution in [2.45, 2.75) is 5.41 Å². The highest BCUT2D eigenvalue weighted by atomic mass is 16.5. The Bertz CT molecular complexity index is 935. The summed E-state index contributed by atoms with van der Waals surface area (Å²) in [6.07, 6.45) is 0. The standard InChI is InChI=1S/C22H16N2O/c1-3-9-16(10-4-1)20-22(15-25-19-14-8-7-13-18(19)22)21(24-23-20)17-11-5-2-6-12-17/h1-14H,15H2. The van der Waals surface area contributed by atoms with E-state index in [0.717, 1.165) is 33.9 Å². The SMILES string of the molecule is c1ccc(C2=NN=C(c3ccccc3)C23COc2ccccc23)cc1. The molecule has 0 amide bonds. The Labute approximate surface area is 146 Å². The maximum absolute atomic E-state index is 6.08. The molecule has 3 heteroatoms. The molecule has 0 bridgehead atoms. The second-order valence-electron chi connectivity index (χ2n) is 6.32. The molecule has 0 radical (unpaired) electrons. The van der Waals surface area contributed by atoms with Crippen LogP contribution in [0, 0.1) is 0 Å². The summed E-state index contributed by atoms with van der Waals surface area (Å²) in [6, 6.07) is 28.7. The van der Waals surface area contributed by atoms with Gasteiger partial charge in [0.2, 0.25) is 0 Å². The first kappa shape index (κ1) is 14.2. The van der Waals surface area contributed by atoms with Gasteiger partial charge in [-0.05, 0) is 17.2 Å². The lowest BCUT2D eigenvalue weighted by atomic mass is 9.70. The van der Waals surface area contributed by atoms with Gasteiger partial charge in [0.05, 0.1) is 11.4 Å². The van der Waals surface area contributed by atoms with Crippen molar-refractivity contribution in [3.63, 3.8) is 0 Å². The predicted octanol–water partition coefficient (Wildman–Crippen LogP) is 4.22. The summed E-state index contributed by atoms with van der Waals surface area (Å²) in [5.41, 5.74) is 4.75. The average molecular weight is 324 g/mol. The largest absolute Gasteiger partial charge is 0.491 e. The molecule has 2 aliphatic heterocycles. The quantitative estimate of drug-likeness (QED) is 0.695. The summed E-state index contributed by atoms with van der Waals surface area (Å²) in [7, 11) is 0. The van der Waals surface area contributed by atoms with Gasteiger partial charge in [0, 0.05) is 5.56 Å². The van der Waals surface area contributed by atoms with Crippen LogP contribution in [0.5, 0.6) is 5.75 Å². The van der Waals surface area contributed by atoms with Crippen LogP contribution in [0.25, 0.3) is 0 Å². The molecular formula is C22H16N2O. The normalized spacial score (nSPS) is 17.0. The van der Waals surface area contributed by atoms with Gasteiger partial charge < -0.3 is 4.74 Å². The second-order valence-corrected chi connectivity index (χ2v) is 6.32. The number of nitrogens with zero attached hydrogens (tertiary/aromatic N) is 2. The fourth-order valence-corrected chi connectivity index (χ4v) is 3.78. The number of rotatable bonds is 2. The smallest absolute Gasteiger partial charge is 0.124 e. The molecule has 25 heavy (non-hydrogen) atoms. The minimum atomic E-state index is -0.459. The average Bonchev–Trinajstić information content (AvgIpc) is 3.26.